The van der Waals surface area contributed by atoms with Crippen LogP contribution in [-0.4, -0.2) is 77.5 Å². The quantitative estimate of drug-likeness (QED) is 0.338. The van der Waals surface area contributed by atoms with Gasteiger partial charge in [0.15, 0.2) is 11.0 Å². The van der Waals surface area contributed by atoms with Gasteiger partial charge in [-0.25, -0.2) is 8.42 Å². The van der Waals surface area contributed by atoms with Gasteiger partial charge in [-0.1, -0.05) is 48.2 Å². The second kappa shape index (κ2) is 10.8. The Kier molecular flexibility index (Phi) is 7.54. The Morgan fingerprint density at radius 3 is 2.60 bits per heavy atom. The van der Waals surface area contributed by atoms with E-state index in [-0.39, 0.29) is 0 Å². The smallest absolute Gasteiger partial charge is 0.243 e. The molecule has 186 valence electrons. The zero-order valence-electron chi connectivity index (χ0n) is 20.0. The summed E-state index contributed by atoms with van der Waals surface area (Å²) in [5.41, 5.74) is 3.44. The normalized spacial score (nSPS) is 17.4. The van der Waals surface area contributed by atoms with Crippen LogP contribution in [0.5, 0.6) is 0 Å². The highest BCUT2D eigenvalue weighted by atomic mass is 32.2. The molecule has 8 nitrogen and oxygen atoms in total. The lowest BCUT2D eigenvalue weighted by molar-refractivity contribution is 0.0730. The van der Waals surface area contributed by atoms with Gasteiger partial charge in [0.2, 0.25) is 10.0 Å². The maximum absolute atomic E-state index is 13.1. The molecule has 35 heavy (non-hydrogen) atoms. The highest BCUT2D eigenvalue weighted by Gasteiger charge is 2.27. The first-order chi connectivity index (χ1) is 17.0. The first-order valence-corrected chi connectivity index (χ1v) is 14.4. The van der Waals surface area contributed by atoms with Crippen LogP contribution in [0.25, 0.3) is 11.4 Å². The molecule has 0 aliphatic carbocycles. The van der Waals surface area contributed by atoms with Crippen molar-refractivity contribution in [3.63, 3.8) is 0 Å². The molecule has 2 aliphatic rings. The second-order valence-corrected chi connectivity index (χ2v) is 11.9. The summed E-state index contributed by atoms with van der Waals surface area (Å²) >= 11 is 1.73. The van der Waals surface area contributed by atoms with Crippen LogP contribution in [-0.2, 0) is 34.8 Å². The number of benzene rings is 2. The van der Waals surface area contributed by atoms with E-state index in [2.05, 4.69) is 15.1 Å². The zero-order chi connectivity index (χ0) is 24.3. The van der Waals surface area contributed by atoms with Crippen molar-refractivity contribution in [2.45, 2.75) is 29.4 Å². The highest BCUT2D eigenvalue weighted by Crippen LogP contribution is 2.26. The van der Waals surface area contributed by atoms with Crippen molar-refractivity contribution in [1.29, 1.82) is 0 Å². The largest absolute Gasteiger partial charge is 0.379 e. The minimum absolute atomic E-state index is 0.395. The van der Waals surface area contributed by atoms with Gasteiger partial charge in [0.25, 0.3) is 0 Å². The van der Waals surface area contributed by atoms with E-state index in [0.29, 0.717) is 31.2 Å². The van der Waals surface area contributed by atoms with Gasteiger partial charge < -0.3 is 9.30 Å². The predicted molar refractivity (Wildman–Crippen MR) is 137 cm³/mol. The van der Waals surface area contributed by atoms with Gasteiger partial charge in [-0.05, 0) is 42.6 Å². The number of thioether (sulfide) groups is 1. The number of aromatic nitrogens is 3. The van der Waals surface area contributed by atoms with Crippen LogP contribution < -0.4 is 0 Å². The minimum atomic E-state index is -3.47. The third kappa shape index (κ3) is 5.46. The fraction of sp³-hybridized carbons (Fsp3) is 0.440. The molecule has 0 N–H and O–H groups in total. The Morgan fingerprint density at radius 1 is 1.00 bits per heavy atom. The van der Waals surface area contributed by atoms with Gasteiger partial charge in [0, 0.05) is 44.5 Å². The molecule has 1 aromatic heterocycles. The van der Waals surface area contributed by atoms with Crippen molar-refractivity contribution >= 4 is 21.8 Å². The fourth-order valence-electron chi connectivity index (χ4n) is 4.61. The van der Waals surface area contributed by atoms with Crippen LogP contribution in [0.1, 0.15) is 17.5 Å². The summed E-state index contributed by atoms with van der Waals surface area (Å²) in [6.45, 7) is 4.50. The summed E-state index contributed by atoms with van der Waals surface area (Å²) in [6.07, 6.45) is 1.98. The number of rotatable bonds is 8. The zero-order valence-corrected chi connectivity index (χ0v) is 21.6. The van der Waals surface area contributed by atoms with Gasteiger partial charge in [-0.2, -0.15) is 4.31 Å². The second-order valence-electron chi connectivity index (χ2n) is 8.91. The number of sulfonamides is 1. The monoisotopic (exact) mass is 513 g/mol. The highest BCUT2D eigenvalue weighted by molar-refractivity contribution is 7.99. The van der Waals surface area contributed by atoms with Crippen LogP contribution in [0.15, 0.2) is 58.6 Å². The predicted octanol–water partition coefficient (Wildman–Crippen LogP) is 3.04. The van der Waals surface area contributed by atoms with Crippen LogP contribution in [0.3, 0.4) is 0 Å². The van der Waals surface area contributed by atoms with Crippen molar-refractivity contribution in [3.8, 4) is 11.4 Å². The van der Waals surface area contributed by atoms with Gasteiger partial charge in [-0.15, -0.1) is 10.2 Å². The summed E-state index contributed by atoms with van der Waals surface area (Å²) in [6, 6.07) is 15.7. The lowest BCUT2D eigenvalue weighted by Gasteiger charge is -2.30. The molecule has 0 spiro atoms. The van der Waals surface area contributed by atoms with Crippen molar-refractivity contribution in [1.82, 2.24) is 24.0 Å². The topological polar surface area (TPSA) is 80.6 Å². The van der Waals surface area contributed by atoms with Crippen LogP contribution >= 0.6 is 11.8 Å². The molecule has 0 saturated carbocycles. The molecule has 10 heteroatoms. The molecular weight excluding hydrogens is 482 g/mol. The fourth-order valence-corrected chi connectivity index (χ4v) is 6.90. The molecule has 3 aromatic rings. The average Bonchev–Trinajstić information content (AvgIpc) is 3.27. The van der Waals surface area contributed by atoms with Crippen LogP contribution in [0, 0.1) is 0 Å². The first-order valence-electron chi connectivity index (χ1n) is 12.0. The summed E-state index contributed by atoms with van der Waals surface area (Å²) in [7, 11) is -1.46. The minimum Gasteiger partial charge on any atom is -0.379 e. The van der Waals surface area contributed by atoms with E-state index in [9.17, 15) is 8.42 Å². The molecule has 0 bridgehead atoms. The van der Waals surface area contributed by atoms with Gasteiger partial charge in [-0.3, -0.25) is 4.90 Å². The molecular formula is C25H31N5O3S2. The van der Waals surface area contributed by atoms with Crippen molar-refractivity contribution in [3.05, 3.63) is 59.7 Å². The number of nitrogens with zero attached hydrogens (tertiary/aromatic N) is 5. The number of morpholine rings is 1. The Bertz CT molecular complexity index is 1260. The third-order valence-corrected chi connectivity index (χ3v) is 9.59. The van der Waals surface area contributed by atoms with Gasteiger partial charge in [0.1, 0.15) is 0 Å². The number of hydrogen-bond donors (Lipinski definition) is 0. The van der Waals surface area contributed by atoms with Crippen LogP contribution in [0.2, 0.25) is 0 Å². The number of ether oxygens (including phenoxy) is 1. The van der Waals surface area contributed by atoms with Gasteiger partial charge >= 0.3 is 0 Å². The molecule has 1 fully saturated rings. The summed E-state index contributed by atoms with van der Waals surface area (Å²) < 4.78 is 35.0. The summed E-state index contributed by atoms with van der Waals surface area (Å²) in [5, 5.41) is 9.66. The lowest BCUT2D eigenvalue weighted by Crippen LogP contribution is -2.40. The third-order valence-electron chi connectivity index (χ3n) is 6.59. The molecule has 1 saturated heterocycles. The Hall–Kier alpha value is -2.24. The number of fused-ring (bicyclic) bond motifs is 1. The van der Waals surface area contributed by atoms with Gasteiger partial charge in [0.05, 0.1) is 18.1 Å². The summed E-state index contributed by atoms with van der Waals surface area (Å²) in [5.74, 6) is 1.83. The Morgan fingerprint density at radius 2 is 1.80 bits per heavy atom. The van der Waals surface area contributed by atoms with E-state index < -0.39 is 10.0 Å². The maximum Gasteiger partial charge on any atom is 0.243 e. The SMILES string of the molecule is Cn1c(SCCCN2CCc3ccc(S(=O)(=O)N4CCOCC4)cc3C2)nnc1-c1ccccc1. The van der Waals surface area contributed by atoms with E-state index in [0.717, 1.165) is 60.3 Å². The average molecular weight is 514 g/mol. The molecule has 5 rings (SSSR count). The van der Waals surface area contributed by atoms with Crippen molar-refractivity contribution in [2.24, 2.45) is 7.05 Å². The lowest BCUT2D eigenvalue weighted by atomic mass is 10.00. The summed E-state index contributed by atoms with van der Waals surface area (Å²) in [4.78, 5) is 2.81. The Balaban J connectivity index is 1.16. The molecule has 2 aliphatic heterocycles. The van der Waals surface area contributed by atoms with E-state index >= 15 is 0 Å². The molecule has 0 radical (unpaired) electrons. The van der Waals surface area contributed by atoms with Crippen LogP contribution in [0.4, 0.5) is 0 Å². The van der Waals surface area contributed by atoms with Crippen molar-refractivity contribution < 1.29 is 13.2 Å². The molecule has 2 aromatic carbocycles. The molecule has 0 amide bonds. The molecule has 0 atom stereocenters. The van der Waals surface area contributed by atoms with Crippen molar-refractivity contribution in [2.75, 3.05) is 45.1 Å². The first kappa shape index (κ1) is 24.5. The van der Waals surface area contributed by atoms with E-state index in [1.165, 1.54) is 9.87 Å². The molecule has 3 heterocycles. The van der Waals surface area contributed by atoms with E-state index in [1.807, 2.05) is 54.1 Å². The van der Waals surface area contributed by atoms with E-state index in [4.69, 9.17) is 4.74 Å². The maximum atomic E-state index is 13.1. The Labute approximate surface area is 211 Å². The number of hydrogen-bond acceptors (Lipinski definition) is 7. The van der Waals surface area contributed by atoms with E-state index in [1.54, 1.807) is 17.8 Å². The standard InChI is InChI=1S/C25H31N5O3S2/c1-28-24(21-6-3-2-4-7-21)26-27-25(28)34-17-5-11-29-12-10-20-8-9-23(18-22(20)19-29)35(31,32)30-13-15-33-16-14-30/h2-4,6-9,18H,5,10-17,19H2,1H3. The molecule has 0 unspecified atom stereocenters.